The lowest BCUT2D eigenvalue weighted by molar-refractivity contribution is 0.0890. The average molecular weight is 359 g/mol. The molecule has 0 saturated heterocycles. The molecule has 1 aromatic heterocycles. The number of thiophene rings is 1. The Kier molecular flexibility index (Phi) is 5.68. The highest BCUT2D eigenvalue weighted by molar-refractivity contribution is 7.12. The van der Waals surface area contributed by atoms with Gasteiger partial charge >= 0.3 is 0 Å². The van der Waals surface area contributed by atoms with Gasteiger partial charge in [0.1, 0.15) is 0 Å². The first-order valence-electron chi connectivity index (χ1n) is 8.33. The van der Waals surface area contributed by atoms with E-state index in [1.807, 2.05) is 25.3 Å². The van der Waals surface area contributed by atoms with E-state index in [9.17, 15) is 9.59 Å². The van der Waals surface area contributed by atoms with E-state index in [4.69, 9.17) is 0 Å². The van der Waals surface area contributed by atoms with Crippen LogP contribution in [0.4, 0.5) is 5.69 Å². The minimum absolute atomic E-state index is 0.118. The first kappa shape index (κ1) is 19.2. The van der Waals surface area contributed by atoms with Gasteiger partial charge in [-0.3, -0.25) is 9.59 Å². The third kappa shape index (κ3) is 6.02. The van der Waals surface area contributed by atoms with E-state index in [0.717, 1.165) is 6.42 Å². The molecular weight excluding hydrogens is 332 g/mol. The maximum atomic E-state index is 12.6. The minimum atomic E-state index is -0.314. The molecule has 0 aliphatic heterocycles. The summed E-state index contributed by atoms with van der Waals surface area (Å²) in [5.74, 6) is -0.304. The van der Waals surface area contributed by atoms with Gasteiger partial charge in [-0.1, -0.05) is 32.9 Å². The van der Waals surface area contributed by atoms with Crippen molar-refractivity contribution in [2.75, 3.05) is 5.32 Å². The second-order valence-corrected chi connectivity index (χ2v) is 9.04. The van der Waals surface area contributed by atoms with Gasteiger partial charge in [-0.05, 0) is 55.3 Å². The summed E-state index contributed by atoms with van der Waals surface area (Å²) in [6, 6.07) is 10.6. The van der Waals surface area contributed by atoms with Crippen LogP contribution in [0, 0.1) is 5.41 Å². The molecule has 1 aromatic carbocycles. The lowest BCUT2D eigenvalue weighted by atomic mass is 9.81. The Morgan fingerprint density at radius 3 is 2.32 bits per heavy atom. The zero-order chi connectivity index (χ0) is 18.7. The van der Waals surface area contributed by atoms with Gasteiger partial charge in [-0.25, -0.2) is 0 Å². The number of carbonyl (C=O) groups is 2. The molecule has 0 atom stereocenters. The zero-order valence-electron chi connectivity index (χ0n) is 15.5. The van der Waals surface area contributed by atoms with Gasteiger partial charge < -0.3 is 10.6 Å². The van der Waals surface area contributed by atoms with E-state index in [2.05, 4.69) is 31.4 Å². The fourth-order valence-electron chi connectivity index (χ4n) is 3.09. The van der Waals surface area contributed by atoms with Crippen molar-refractivity contribution in [3.63, 3.8) is 0 Å². The summed E-state index contributed by atoms with van der Waals surface area (Å²) in [7, 11) is 0. The SMILES string of the molecule is CC(C)(C)CC(C)(C)NC(=O)c1cccc(NC(=O)c2cccs2)c1. The lowest BCUT2D eigenvalue weighted by Gasteiger charge is -2.33. The Bertz CT molecular complexity index is 743. The zero-order valence-corrected chi connectivity index (χ0v) is 16.3. The molecule has 0 radical (unpaired) electrons. The Hall–Kier alpha value is -2.14. The molecule has 4 nitrogen and oxygen atoms in total. The quantitative estimate of drug-likeness (QED) is 0.795. The second kappa shape index (κ2) is 7.40. The molecule has 0 unspecified atom stereocenters. The maximum absolute atomic E-state index is 12.6. The van der Waals surface area contributed by atoms with Crippen LogP contribution in [0.15, 0.2) is 41.8 Å². The monoisotopic (exact) mass is 358 g/mol. The van der Waals surface area contributed by atoms with Crippen molar-refractivity contribution >= 4 is 28.8 Å². The molecule has 0 aliphatic rings. The van der Waals surface area contributed by atoms with Gasteiger partial charge in [0.2, 0.25) is 0 Å². The highest BCUT2D eigenvalue weighted by atomic mass is 32.1. The first-order chi connectivity index (χ1) is 11.6. The molecular formula is C20H26N2O2S. The van der Waals surface area contributed by atoms with E-state index in [-0.39, 0.29) is 22.8 Å². The highest BCUT2D eigenvalue weighted by Gasteiger charge is 2.27. The van der Waals surface area contributed by atoms with Gasteiger partial charge in [0.25, 0.3) is 11.8 Å². The molecule has 25 heavy (non-hydrogen) atoms. The first-order valence-corrected chi connectivity index (χ1v) is 9.21. The largest absolute Gasteiger partial charge is 0.347 e. The fourth-order valence-corrected chi connectivity index (χ4v) is 3.71. The van der Waals surface area contributed by atoms with Crippen LogP contribution in [0.25, 0.3) is 0 Å². The average Bonchev–Trinajstić information content (AvgIpc) is 2.98. The predicted octanol–water partition coefficient (Wildman–Crippen LogP) is 4.95. The van der Waals surface area contributed by atoms with E-state index in [0.29, 0.717) is 16.1 Å². The van der Waals surface area contributed by atoms with Crippen LogP contribution in [0.5, 0.6) is 0 Å². The summed E-state index contributed by atoms with van der Waals surface area (Å²) >= 11 is 1.38. The van der Waals surface area contributed by atoms with Crippen molar-refractivity contribution in [2.24, 2.45) is 5.41 Å². The molecule has 0 bridgehead atoms. The molecule has 5 heteroatoms. The lowest BCUT2D eigenvalue weighted by Crippen LogP contribution is -2.45. The van der Waals surface area contributed by atoms with Crippen LogP contribution in [-0.2, 0) is 0 Å². The van der Waals surface area contributed by atoms with Crippen LogP contribution in [-0.4, -0.2) is 17.4 Å². The number of anilines is 1. The molecule has 0 saturated carbocycles. The molecule has 2 N–H and O–H groups in total. The summed E-state index contributed by atoms with van der Waals surface area (Å²) in [6.07, 6.45) is 0.862. The number of hydrogen-bond donors (Lipinski definition) is 2. The Morgan fingerprint density at radius 1 is 1.00 bits per heavy atom. The fraction of sp³-hybridized carbons (Fsp3) is 0.400. The van der Waals surface area contributed by atoms with Crippen molar-refractivity contribution < 1.29 is 9.59 Å². The van der Waals surface area contributed by atoms with E-state index < -0.39 is 0 Å². The number of amides is 2. The van der Waals surface area contributed by atoms with Crippen LogP contribution >= 0.6 is 11.3 Å². The Balaban J connectivity index is 2.07. The van der Waals surface area contributed by atoms with E-state index in [1.165, 1.54) is 11.3 Å². The molecule has 2 aromatic rings. The van der Waals surface area contributed by atoms with Gasteiger partial charge in [0, 0.05) is 16.8 Å². The summed E-state index contributed by atoms with van der Waals surface area (Å²) in [5, 5.41) is 7.78. The van der Waals surface area contributed by atoms with Gasteiger partial charge in [-0.2, -0.15) is 0 Å². The van der Waals surface area contributed by atoms with Crippen molar-refractivity contribution in [2.45, 2.75) is 46.6 Å². The van der Waals surface area contributed by atoms with Crippen molar-refractivity contribution in [3.05, 3.63) is 52.2 Å². The Labute approximate surface area is 153 Å². The molecule has 1 heterocycles. The van der Waals surface area contributed by atoms with Crippen LogP contribution in [0.1, 0.15) is 61.1 Å². The van der Waals surface area contributed by atoms with Crippen LogP contribution in [0.3, 0.4) is 0 Å². The van der Waals surface area contributed by atoms with E-state index in [1.54, 1.807) is 30.3 Å². The van der Waals surface area contributed by atoms with Crippen molar-refractivity contribution in [1.82, 2.24) is 5.32 Å². The molecule has 0 fully saturated rings. The van der Waals surface area contributed by atoms with Gasteiger partial charge in [0.05, 0.1) is 4.88 Å². The predicted molar refractivity (Wildman–Crippen MR) is 104 cm³/mol. The van der Waals surface area contributed by atoms with Crippen molar-refractivity contribution in [1.29, 1.82) is 0 Å². The third-order valence-electron chi connectivity index (χ3n) is 3.55. The summed E-state index contributed by atoms with van der Waals surface area (Å²) in [6.45, 7) is 10.5. The number of nitrogens with one attached hydrogen (secondary N) is 2. The number of hydrogen-bond acceptors (Lipinski definition) is 3. The number of rotatable bonds is 5. The standard InChI is InChI=1S/C20H26N2O2S/c1-19(2,3)13-20(4,5)22-17(23)14-8-6-9-15(12-14)21-18(24)16-10-7-11-25-16/h6-12H,13H2,1-5H3,(H,21,24)(H,22,23). The van der Waals surface area contributed by atoms with Crippen LogP contribution in [0.2, 0.25) is 0 Å². The molecule has 0 spiro atoms. The normalized spacial score (nSPS) is 11.9. The third-order valence-corrected chi connectivity index (χ3v) is 4.42. The molecule has 2 amide bonds. The summed E-state index contributed by atoms with van der Waals surface area (Å²) in [5.41, 5.74) is 0.949. The molecule has 0 aliphatic carbocycles. The van der Waals surface area contributed by atoms with Crippen molar-refractivity contribution in [3.8, 4) is 0 Å². The van der Waals surface area contributed by atoms with Crippen LogP contribution < -0.4 is 10.6 Å². The van der Waals surface area contributed by atoms with E-state index >= 15 is 0 Å². The maximum Gasteiger partial charge on any atom is 0.265 e. The molecule has 134 valence electrons. The number of carbonyl (C=O) groups excluding carboxylic acids is 2. The smallest absolute Gasteiger partial charge is 0.265 e. The van der Waals surface area contributed by atoms with Gasteiger partial charge in [-0.15, -0.1) is 11.3 Å². The summed E-state index contributed by atoms with van der Waals surface area (Å²) in [4.78, 5) is 25.4. The second-order valence-electron chi connectivity index (χ2n) is 8.09. The topological polar surface area (TPSA) is 58.2 Å². The molecule has 2 rings (SSSR count). The van der Waals surface area contributed by atoms with Gasteiger partial charge in [0.15, 0.2) is 0 Å². The Morgan fingerprint density at radius 2 is 1.72 bits per heavy atom. The summed E-state index contributed by atoms with van der Waals surface area (Å²) < 4.78 is 0. The number of benzene rings is 1. The minimum Gasteiger partial charge on any atom is -0.347 e. The highest BCUT2D eigenvalue weighted by Crippen LogP contribution is 2.27.